The summed E-state index contributed by atoms with van der Waals surface area (Å²) < 4.78 is 5.36. The number of aryl methyl sites for hydroxylation is 1. The van der Waals surface area contributed by atoms with Gasteiger partial charge in [0.25, 0.3) is 5.91 Å². The molecule has 2 aromatic carbocycles. The molecule has 0 saturated carbocycles. The summed E-state index contributed by atoms with van der Waals surface area (Å²) >= 11 is 2.88. The van der Waals surface area contributed by atoms with E-state index in [2.05, 4.69) is 15.5 Å². The van der Waals surface area contributed by atoms with Crippen molar-refractivity contribution in [3.63, 3.8) is 0 Å². The topological polar surface area (TPSA) is 84.4 Å². The number of nitrogens with zero attached hydrogens (tertiary/aromatic N) is 3. The van der Waals surface area contributed by atoms with Gasteiger partial charge in [-0.25, -0.2) is 0 Å². The molecular formula is C22H22N4O3S2. The van der Waals surface area contributed by atoms with Crippen molar-refractivity contribution in [2.24, 2.45) is 0 Å². The van der Waals surface area contributed by atoms with E-state index in [1.54, 1.807) is 22.7 Å². The van der Waals surface area contributed by atoms with Crippen molar-refractivity contribution in [2.75, 3.05) is 30.1 Å². The van der Waals surface area contributed by atoms with Crippen molar-refractivity contribution in [1.82, 2.24) is 10.2 Å². The van der Waals surface area contributed by atoms with Gasteiger partial charge in [-0.2, -0.15) is 0 Å². The largest absolute Gasteiger partial charge is 0.496 e. The first-order chi connectivity index (χ1) is 15.0. The first-order valence-electron chi connectivity index (χ1n) is 9.73. The molecular weight excluding hydrogens is 432 g/mol. The summed E-state index contributed by atoms with van der Waals surface area (Å²) in [7, 11) is 1.54. The number of rotatable bonds is 6. The number of benzene rings is 2. The van der Waals surface area contributed by atoms with E-state index in [1.165, 1.54) is 18.4 Å². The maximum absolute atomic E-state index is 12.7. The van der Waals surface area contributed by atoms with Crippen molar-refractivity contribution in [2.45, 2.75) is 24.2 Å². The van der Waals surface area contributed by atoms with Crippen LogP contribution in [0.25, 0.3) is 0 Å². The molecule has 0 radical (unpaired) electrons. The van der Waals surface area contributed by atoms with Gasteiger partial charge in [0.2, 0.25) is 11.0 Å². The molecule has 1 saturated heterocycles. The average Bonchev–Trinajstić information content (AvgIpc) is 3.40. The summed E-state index contributed by atoms with van der Waals surface area (Å²) in [6.45, 7) is 2.55. The van der Waals surface area contributed by atoms with E-state index >= 15 is 0 Å². The average molecular weight is 455 g/mol. The molecule has 1 aromatic heterocycles. The first-order valence-corrected chi connectivity index (χ1v) is 11.8. The maximum Gasteiger partial charge on any atom is 0.261 e. The summed E-state index contributed by atoms with van der Waals surface area (Å²) in [4.78, 5) is 28.1. The second-order valence-corrected chi connectivity index (χ2v) is 9.05. The number of nitrogens with one attached hydrogen (secondary N) is 1. The third kappa shape index (κ3) is 4.42. The monoisotopic (exact) mass is 454 g/mol. The van der Waals surface area contributed by atoms with Crippen LogP contribution in [-0.2, 0) is 4.79 Å². The minimum Gasteiger partial charge on any atom is -0.496 e. The van der Waals surface area contributed by atoms with E-state index in [0.29, 0.717) is 29.4 Å². The number of anilines is 2. The Morgan fingerprint density at radius 3 is 2.81 bits per heavy atom. The van der Waals surface area contributed by atoms with Crippen LogP contribution < -0.4 is 15.0 Å². The fourth-order valence-electron chi connectivity index (χ4n) is 3.57. The van der Waals surface area contributed by atoms with Crippen molar-refractivity contribution in [3.8, 4) is 5.75 Å². The molecule has 0 aliphatic carbocycles. The molecule has 7 nitrogen and oxygen atoms in total. The zero-order chi connectivity index (χ0) is 22.0. The van der Waals surface area contributed by atoms with Crippen LogP contribution in [0.2, 0.25) is 0 Å². The van der Waals surface area contributed by atoms with Gasteiger partial charge in [-0.3, -0.25) is 14.9 Å². The second kappa shape index (κ2) is 9.07. The zero-order valence-electron chi connectivity index (χ0n) is 17.4. The first kappa shape index (κ1) is 21.3. The zero-order valence-corrected chi connectivity index (χ0v) is 19.0. The molecule has 160 valence electrons. The molecule has 0 spiro atoms. The number of amides is 2. The summed E-state index contributed by atoms with van der Waals surface area (Å²) in [5, 5.41) is 12.3. The van der Waals surface area contributed by atoms with Gasteiger partial charge in [0.15, 0.2) is 0 Å². The highest BCUT2D eigenvalue weighted by atomic mass is 32.2. The Morgan fingerprint density at radius 2 is 2.06 bits per heavy atom. The normalized spacial score (nSPS) is 15.9. The van der Waals surface area contributed by atoms with E-state index in [9.17, 15) is 9.59 Å². The quantitative estimate of drug-likeness (QED) is 0.558. The molecule has 2 heterocycles. The van der Waals surface area contributed by atoms with E-state index in [0.717, 1.165) is 21.2 Å². The smallest absolute Gasteiger partial charge is 0.261 e. The fraction of sp³-hybridized carbons (Fsp3) is 0.273. The minimum absolute atomic E-state index is 0.0503. The highest BCUT2D eigenvalue weighted by Crippen LogP contribution is 2.35. The molecule has 1 aliphatic heterocycles. The van der Waals surface area contributed by atoms with Crippen molar-refractivity contribution >= 4 is 45.7 Å². The van der Waals surface area contributed by atoms with Gasteiger partial charge in [0, 0.05) is 29.5 Å². The van der Waals surface area contributed by atoms with Crippen LogP contribution in [0.3, 0.4) is 0 Å². The van der Waals surface area contributed by atoms with Gasteiger partial charge in [0.05, 0.1) is 12.7 Å². The van der Waals surface area contributed by atoms with Crippen molar-refractivity contribution < 1.29 is 14.3 Å². The summed E-state index contributed by atoms with van der Waals surface area (Å²) in [6.07, 6.45) is 2.34. The number of hydrogen-bond donors (Lipinski definition) is 1. The predicted molar refractivity (Wildman–Crippen MR) is 124 cm³/mol. The molecule has 4 rings (SSSR count). The minimum atomic E-state index is -0.309. The number of carbonyl (C=O) groups excluding carboxylic acids is 2. The van der Waals surface area contributed by atoms with Gasteiger partial charge in [0.1, 0.15) is 10.8 Å². The van der Waals surface area contributed by atoms with Gasteiger partial charge in [-0.1, -0.05) is 29.5 Å². The van der Waals surface area contributed by atoms with Crippen LogP contribution in [-0.4, -0.2) is 41.9 Å². The lowest BCUT2D eigenvalue weighted by molar-refractivity contribution is -0.117. The highest BCUT2D eigenvalue weighted by molar-refractivity contribution is 7.98. The third-order valence-corrected chi connectivity index (χ3v) is 6.92. The van der Waals surface area contributed by atoms with Crippen LogP contribution in [0.15, 0.2) is 47.4 Å². The number of thioether (sulfide) groups is 1. The molecule has 1 unspecified atom stereocenters. The van der Waals surface area contributed by atoms with E-state index in [4.69, 9.17) is 4.74 Å². The Bertz CT molecular complexity index is 1130. The highest BCUT2D eigenvalue weighted by Gasteiger charge is 2.34. The van der Waals surface area contributed by atoms with Crippen LogP contribution >= 0.6 is 23.1 Å². The van der Waals surface area contributed by atoms with Gasteiger partial charge >= 0.3 is 0 Å². The van der Waals surface area contributed by atoms with Crippen molar-refractivity contribution in [1.29, 1.82) is 0 Å². The molecule has 1 atom stereocenters. The summed E-state index contributed by atoms with van der Waals surface area (Å²) in [5.74, 6) is 0.213. The van der Waals surface area contributed by atoms with Gasteiger partial charge in [-0.05, 0) is 43.0 Å². The van der Waals surface area contributed by atoms with Crippen LogP contribution in [0.5, 0.6) is 5.75 Å². The van der Waals surface area contributed by atoms with Gasteiger partial charge < -0.3 is 9.64 Å². The Kier molecular flexibility index (Phi) is 6.24. The van der Waals surface area contributed by atoms with Crippen LogP contribution in [0.1, 0.15) is 33.3 Å². The Labute approximate surface area is 188 Å². The molecule has 0 bridgehead atoms. The maximum atomic E-state index is 12.7. The fourth-order valence-corrected chi connectivity index (χ4v) is 4.83. The molecule has 1 aliphatic rings. The number of para-hydroxylation sites is 1. The predicted octanol–water partition coefficient (Wildman–Crippen LogP) is 4.35. The van der Waals surface area contributed by atoms with Crippen molar-refractivity contribution in [3.05, 3.63) is 58.6 Å². The third-order valence-electron chi connectivity index (χ3n) is 5.19. The number of hydrogen-bond acceptors (Lipinski definition) is 7. The van der Waals surface area contributed by atoms with Crippen LogP contribution in [0.4, 0.5) is 10.8 Å². The summed E-state index contributed by atoms with van der Waals surface area (Å²) in [6, 6.07) is 13.3. The molecule has 2 amide bonds. The number of carbonyl (C=O) groups is 2. The standard InChI is InChI=1S/C22H22N4O3S2/c1-13-6-4-5-7-17(13)26-12-14(10-19(26)27)21-24-25-22(31-21)23-20(28)16-9-8-15(30-3)11-18(16)29-2/h4-9,11,14H,10,12H2,1-3H3,(H,23,25,28). The Morgan fingerprint density at radius 1 is 1.26 bits per heavy atom. The number of aromatic nitrogens is 2. The Hall–Kier alpha value is -2.91. The molecule has 31 heavy (non-hydrogen) atoms. The Balaban J connectivity index is 1.47. The van der Waals surface area contributed by atoms with Crippen LogP contribution in [0, 0.1) is 6.92 Å². The number of methoxy groups -OCH3 is 1. The lowest BCUT2D eigenvalue weighted by Crippen LogP contribution is -2.25. The SMILES string of the molecule is COc1cc(SC)ccc1C(=O)Nc1nnc(C2CC(=O)N(c3ccccc3C)C2)s1. The van der Waals surface area contributed by atoms with E-state index < -0.39 is 0 Å². The summed E-state index contributed by atoms with van der Waals surface area (Å²) in [5.41, 5.74) is 2.41. The van der Waals surface area contributed by atoms with E-state index in [1.807, 2.05) is 49.6 Å². The number of ether oxygens (including phenoxy) is 1. The lowest BCUT2D eigenvalue weighted by Gasteiger charge is -2.18. The molecule has 1 N–H and O–H groups in total. The van der Waals surface area contributed by atoms with E-state index in [-0.39, 0.29) is 17.7 Å². The molecule has 1 fully saturated rings. The van der Waals surface area contributed by atoms with Gasteiger partial charge in [-0.15, -0.1) is 22.0 Å². The lowest BCUT2D eigenvalue weighted by atomic mass is 10.1. The molecule has 9 heteroatoms. The second-order valence-electron chi connectivity index (χ2n) is 7.16. The molecule has 3 aromatic rings.